The molecule has 0 radical (unpaired) electrons. The lowest BCUT2D eigenvalue weighted by atomic mass is 10.2. The van der Waals surface area contributed by atoms with E-state index in [2.05, 4.69) is 22.6 Å². The smallest absolute Gasteiger partial charge is 0.297 e. The molecule has 0 atom stereocenters. The van der Waals surface area contributed by atoms with E-state index in [0.717, 1.165) is 18.6 Å². The molecule has 0 aromatic heterocycles. The number of ether oxygens (including phenoxy) is 7. The highest BCUT2D eigenvalue weighted by Gasteiger charge is 2.14. The van der Waals surface area contributed by atoms with E-state index in [0.29, 0.717) is 79.3 Å². The van der Waals surface area contributed by atoms with Gasteiger partial charge in [0.05, 0.1) is 97.4 Å². The van der Waals surface area contributed by atoms with Crippen molar-refractivity contribution in [2.24, 2.45) is 0 Å². The molecule has 1 aromatic carbocycles. The van der Waals surface area contributed by atoms with Gasteiger partial charge in [0.25, 0.3) is 10.1 Å². The summed E-state index contributed by atoms with van der Waals surface area (Å²) in [5.74, 6) is 0. The van der Waals surface area contributed by atoms with Crippen LogP contribution in [0, 0.1) is 6.92 Å². The predicted octanol–water partition coefficient (Wildman–Crippen LogP) is 3.81. The highest BCUT2D eigenvalue weighted by Crippen LogP contribution is 2.12. The molecule has 10 nitrogen and oxygen atoms in total. The van der Waals surface area contributed by atoms with E-state index < -0.39 is 10.1 Å². The lowest BCUT2D eigenvalue weighted by Gasteiger charge is -2.09. The lowest BCUT2D eigenvalue weighted by molar-refractivity contribution is -0.0212. The fourth-order valence-corrected chi connectivity index (χ4v) is 4.48. The van der Waals surface area contributed by atoms with E-state index in [4.69, 9.17) is 37.3 Å². The Morgan fingerprint density at radius 3 is 1.28 bits per heavy atom. The number of halogens is 1. The van der Waals surface area contributed by atoms with Crippen LogP contribution in [0.5, 0.6) is 0 Å². The Hall–Kier alpha value is -0.420. The summed E-state index contributed by atoms with van der Waals surface area (Å²) in [5.41, 5.74) is 0.981. The molecule has 0 spiro atoms. The molecule has 39 heavy (non-hydrogen) atoms. The monoisotopic (exact) mass is 690 g/mol. The molecule has 0 bridgehead atoms. The number of benzene rings is 1. The van der Waals surface area contributed by atoms with Crippen LogP contribution in [0.4, 0.5) is 0 Å². The summed E-state index contributed by atoms with van der Waals surface area (Å²) in [6.45, 7) is 8.75. The minimum absolute atomic E-state index is 0.0488. The van der Waals surface area contributed by atoms with Gasteiger partial charge in [0.15, 0.2) is 0 Å². The molecule has 0 heterocycles. The van der Waals surface area contributed by atoms with Gasteiger partial charge < -0.3 is 33.2 Å². The molecule has 0 aliphatic carbocycles. The highest BCUT2D eigenvalue weighted by atomic mass is 127. The van der Waals surface area contributed by atoms with E-state index in [9.17, 15) is 8.42 Å². The van der Waals surface area contributed by atoms with Crippen LogP contribution < -0.4 is 0 Å². The average molecular weight is 691 g/mol. The number of rotatable bonds is 29. The van der Waals surface area contributed by atoms with Crippen molar-refractivity contribution in [3.8, 4) is 0 Å². The van der Waals surface area contributed by atoms with Crippen LogP contribution in [-0.4, -0.2) is 112 Å². The maximum atomic E-state index is 12.0. The molecular formula is C27H47IO10S. The zero-order valence-electron chi connectivity index (χ0n) is 23.3. The molecule has 1 rings (SSSR count). The third kappa shape index (κ3) is 22.9. The van der Waals surface area contributed by atoms with Crippen molar-refractivity contribution in [2.45, 2.75) is 37.5 Å². The van der Waals surface area contributed by atoms with E-state index >= 15 is 0 Å². The third-order valence-electron chi connectivity index (χ3n) is 5.18. The minimum Gasteiger partial charge on any atom is -0.379 e. The lowest BCUT2D eigenvalue weighted by Crippen LogP contribution is -2.15. The second kappa shape index (κ2) is 26.5. The van der Waals surface area contributed by atoms with Crippen molar-refractivity contribution in [1.82, 2.24) is 0 Å². The second-order valence-electron chi connectivity index (χ2n) is 8.48. The van der Waals surface area contributed by atoms with Gasteiger partial charge in [-0.15, -0.1) is 0 Å². The number of unbranched alkanes of at least 4 members (excludes halogenated alkanes) is 3. The van der Waals surface area contributed by atoms with Crippen LogP contribution >= 0.6 is 22.6 Å². The zero-order chi connectivity index (χ0) is 28.3. The predicted molar refractivity (Wildman–Crippen MR) is 157 cm³/mol. The largest absolute Gasteiger partial charge is 0.379 e. The Balaban J connectivity index is 1.72. The fourth-order valence-electron chi connectivity index (χ4n) is 3.05. The van der Waals surface area contributed by atoms with Gasteiger partial charge in [-0.1, -0.05) is 53.1 Å². The summed E-state index contributed by atoms with van der Waals surface area (Å²) in [6, 6.07) is 6.50. The zero-order valence-corrected chi connectivity index (χ0v) is 26.3. The topological polar surface area (TPSA) is 108 Å². The second-order valence-corrected chi connectivity index (χ2v) is 11.2. The maximum absolute atomic E-state index is 12.0. The van der Waals surface area contributed by atoms with Crippen LogP contribution in [0.15, 0.2) is 29.2 Å². The molecule has 0 aliphatic rings. The first kappa shape index (κ1) is 36.6. The van der Waals surface area contributed by atoms with Gasteiger partial charge in [-0.25, -0.2) is 0 Å². The average Bonchev–Trinajstić information content (AvgIpc) is 2.93. The van der Waals surface area contributed by atoms with Crippen molar-refractivity contribution in [3.63, 3.8) is 0 Å². The van der Waals surface area contributed by atoms with E-state index in [1.54, 1.807) is 12.1 Å². The normalized spacial score (nSPS) is 11.8. The molecule has 12 heteroatoms. The van der Waals surface area contributed by atoms with Gasteiger partial charge in [-0.2, -0.15) is 8.42 Å². The van der Waals surface area contributed by atoms with Gasteiger partial charge >= 0.3 is 0 Å². The van der Waals surface area contributed by atoms with Crippen molar-refractivity contribution in [3.05, 3.63) is 29.8 Å². The van der Waals surface area contributed by atoms with Gasteiger partial charge in [0, 0.05) is 6.61 Å². The summed E-state index contributed by atoms with van der Waals surface area (Å²) >= 11 is 2.41. The Kier molecular flexibility index (Phi) is 24.9. The number of hydrogen-bond donors (Lipinski definition) is 0. The van der Waals surface area contributed by atoms with Gasteiger partial charge in [-0.05, 0) is 36.3 Å². The van der Waals surface area contributed by atoms with Crippen molar-refractivity contribution in [2.75, 3.05) is 104 Å². The summed E-state index contributed by atoms with van der Waals surface area (Å²) < 4.78 is 68.4. The van der Waals surface area contributed by atoms with Crippen molar-refractivity contribution >= 4 is 32.7 Å². The molecular weight excluding hydrogens is 643 g/mol. The summed E-state index contributed by atoms with van der Waals surface area (Å²) in [7, 11) is -3.76. The molecule has 0 fully saturated rings. The molecule has 0 aliphatic heterocycles. The standard InChI is InChI=1S/C27H47IO10S/c1-26-6-8-27(9-7-26)39(29,30)38-25-24-37-23-22-36-21-20-35-19-18-34-17-16-33-15-14-32-13-12-31-11-5-3-2-4-10-28/h6-9H,2-5,10-25H2,1H3. The first-order valence-electron chi connectivity index (χ1n) is 13.6. The Morgan fingerprint density at radius 1 is 0.513 bits per heavy atom. The summed E-state index contributed by atoms with van der Waals surface area (Å²) in [6.07, 6.45) is 4.95. The minimum atomic E-state index is -3.76. The van der Waals surface area contributed by atoms with Crippen LogP contribution in [0.25, 0.3) is 0 Å². The van der Waals surface area contributed by atoms with Crippen LogP contribution in [-0.2, 0) is 47.5 Å². The Morgan fingerprint density at radius 2 is 0.872 bits per heavy atom. The first-order valence-corrected chi connectivity index (χ1v) is 16.6. The number of aryl methyl sites for hydroxylation is 1. The van der Waals surface area contributed by atoms with Crippen LogP contribution in [0.2, 0.25) is 0 Å². The first-order chi connectivity index (χ1) is 19.1. The molecule has 0 amide bonds. The van der Waals surface area contributed by atoms with E-state index in [-0.39, 0.29) is 18.1 Å². The molecule has 0 N–H and O–H groups in total. The molecule has 1 aromatic rings. The quantitative estimate of drug-likeness (QED) is 0.0533. The maximum Gasteiger partial charge on any atom is 0.297 e. The van der Waals surface area contributed by atoms with Crippen LogP contribution in [0.1, 0.15) is 31.2 Å². The van der Waals surface area contributed by atoms with Gasteiger partial charge in [0.2, 0.25) is 0 Å². The van der Waals surface area contributed by atoms with Crippen molar-refractivity contribution in [1.29, 1.82) is 0 Å². The summed E-state index contributed by atoms with van der Waals surface area (Å²) in [4.78, 5) is 0.135. The van der Waals surface area contributed by atoms with Gasteiger partial charge in [-0.3, -0.25) is 4.18 Å². The van der Waals surface area contributed by atoms with E-state index in [1.165, 1.54) is 35.8 Å². The molecule has 0 unspecified atom stereocenters. The SMILES string of the molecule is Cc1ccc(S(=O)(=O)OCCOCCOCCOCCOCCOCCOCCOCCCCCCI)cc1. The molecule has 0 saturated heterocycles. The summed E-state index contributed by atoms with van der Waals surface area (Å²) in [5, 5.41) is 0. The number of hydrogen-bond acceptors (Lipinski definition) is 10. The van der Waals surface area contributed by atoms with Crippen molar-refractivity contribution < 1.29 is 45.8 Å². The van der Waals surface area contributed by atoms with E-state index in [1.807, 2.05) is 6.92 Å². The van der Waals surface area contributed by atoms with Crippen LogP contribution in [0.3, 0.4) is 0 Å². The highest BCUT2D eigenvalue weighted by molar-refractivity contribution is 14.1. The Bertz CT molecular complexity index is 764. The fraction of sp³-hybridized carbons (Fsp3) is 0.778. The Labute approximate surface area is 248 Å². The molecule has 228 valence electrons. The number of alkyl halides is 1. The van der Waals surface area contributed by atoms with Gasteiger partial charge in [0.1, 0.15) is 0 Å². The molecule has 0 saturated carbocycles. The third-order valence-corrected chi connectivity index (χ3v) is 7.27.